The van der Waals surface area contributed by atoms with Crippen LogP contribution in [0.5, 0.6) is 0 Å². The van der Waals surface area contributed by atoms with Crippen LogP contribution >= 0.6 is 0 Å². The molecule has 0 bridgehead atoms. The average Bonchev–Trinajstić information content (AvgIpc) is 3.66. The van der Waals surface area contributed by atoms with Crippen molar-refractivity contribution >= 4 is 54.3 Å². The summed E-state index contributed by atoms with van der Waals surface area (Å²) in [6.45, 7) is 0. The van der Waals surface area contributed by atoms with Gasteiger partial charge in [0.05, 0.1) is 5.56 Å². The lowest BCUT2D eigenvalue weighted by Crippen LogP contribution is -2.01. The molecule has 0 N–H and O–H groups in total. The molecule has 11 rings (SSSR count). The van der Waals surface area contributed by atoms with Gasteiger partial charge in [-0.05, 0) is 91.5 Å². The third kappa shape index (κ3) is 5.24. The van der Waals surface area contributed by atoms with E-state index in [-0.39, 0.29) is 0 Å². The lowest BCUT2D eigenvalue weighted by Gasteiger charge is -2.14. The number of aromatic nitrogens is 4. The molecule has 3 heterocycles. The minimum atomic E-state index is 0.547. The minimum absolute atomic E-state index is 0.547. The zero-order valence-electron chi connectivity index (χ0n) is 29.5. The molecule has 0 spiro atoms. The lowest BCUT2D eigenvalue weighted by molar-refractivity contribution is 0.669. The van der Waals surface area contributed by atoms with Gasteiger partial charge in [-0.1, -0.05) is 127 Å². The van der Waals surface area contributed by atoms with E-state index in [1.807, 2.05) is 72.9 Å². The molecule has 0 fully saturated rings. The Morgan fingerprint density at radius 3 is 1.62 bits per heavy atom. The number of pyridine rings is 1. The summed E-state index contributed by atoms with van der Waals surface area (Å²) >= 11 is 0. The molecule has 3 aromatic heterocycles. The van der Waals surface area contributed by atoms with Gasteiger partial charge in [-0.25, -0.2) is 15.0 Å². The highest BCUT2D eigenvalue weighted by molar-refractivity contribution is 6.25. The molecule has 0 aliphatic heterocycles. The van der Waals surface area contributed by atoms with Gasteiger partial charge in [-0.15, -0.1) is 0 Å². The number of nitrogens with zero attached hydrogens (tertiary/aromatic N) is 4. The maximum Gasteiger partial charge on any atom is 0.167 e. The van der Waals surface area contributed by atoms with Crippen LogP contribution in [-0.4, -0.2) is 19.9 Å². The van der Waals surface area contributed by atoms with Crippen molar-refractivity contribution in [2.45, 2.75) is 0 Å². The van der Waals surface area contributed by atoms with E-state index in [1.54, 1.807) is 6.20 Å². The molecule has 55 heavy (non-hydrogen) atoms. The molecule has 0 saturated carbocycles. The van der Waals surface area contributed by atoms with Gasteiger partial charge in [-0.3, -0.25) is 4.98 Å². The van der Waals surface area contributed by atoms with E-state index in [0.717, 1.165) is 60.9 Å². The average molecular weight is 703 g/mol. The van der Waals surface area contributed by atoms with Crippen LogP contribution in [-0.2, 0) is 0 Å². The van der Waals surface area contributed by atoms with E-state index in [1.165, 1.54) is 32.3 Å². The predicted molar refractivity (Wildman–Crippen MR) is 225 cm³/mol. The van der Waals surface area contributed by atoms with Crippen LogP contribution in [0.4, 0.5) is 0 Å². The monoisotopic (exact) mass is 702 g/mol. The molecule has 0 amide bonds. The van der Waals surface area contributed by atoms with E-state index in [9.17, 15) is 0 Å². The van der Waals surface area contributed by atoms with Gasteiger partial charge >= 0.3 is 0 Å². The van der Waals surface area contributed by atoms with Gasteiger partial charge in [0.1, 0.15) is 11.2 Å². The summed E-state index contributed by atoms with van der Waals surface area (Å²) in [5.74, 6) is 1.71. The SMILES string of the molecule is c1ccc(-c2nc(-c3cc(-c4cccnc4)cc(-c4ccc5c6ccccc6c6ccccc6c5c4)c3)nc(-c3cccc4c3oc3ccccc34)n2)cc1. The first kappa shape index (κ1) is 31.1. The second-order valence-corrected chi connectivity index (χ2v) is 13.8. The van der Waals surface area contributed by atoms with E-state index in [2.05, 4.69) is 108 Å². The van der Waals surface area contributed by atoms with Crippen molar-refractivity contribution in [1.82, 2.24) is 19.9 Å². The summed E-state index contributed by atoms with van der Waals surface area (Å²) in [6.07, 6.45) is 3.70. The molecule has 0 aliphatic carbocycles. The highest BCUT2D eigenvalue weighted by atomic mass is 16.3. The van der Waals surface area contributed by atoms with Crippen LogP contribution in [0.15, 0.2) is 187 Å². The third-order valence-corrected chi connectivity index (χ3v) is 10.6. The Morgan fingerprint density at radius 2 is 0.891 bits per heavy atom. The van der Waals surface area contributed by atoms with Gasteiger partial charge in [0.15, 0.2) is 17.5 Å². The fourth-order valence-corrected chi connectivity index (χ4v) is 7.98. The van der Waals surface area contributed by atoms with Crippen molar-refractivity contribution in [3.05, 3.63) is 182 Å². The molecule has 0 aliphatic rings. The summed E-state index contributed by atoms with van der Waals surface area (Å²) in [7, 11) is 0. The Kier molecular flexibility index (Phi) is 7.10. The predicted octanol–water partition coefficient (Wildman–Crippen LogP) is 13.0. The van der Waals surface area contributed by atoms with E-state index in [0.29, 0.717) is 17.5 Å². The topological polar surface area (TPSA) is 64.7 Å². The number of hydrogen-bond donors (Lipinski definition) is 0. The van der Waals surface area contributed by atoms with Crippen LogP contribution in [0.1, 0.15) is 0 Å². The van der Waals surface area contributed by atoms with Crippen molar-refractivity contribution < 1.29 is 4.42 Å². The lowest BCUT2D eigenvalue weighted by atomic mass is 9.91. The van der Waals surface area contributed by atoms with E-state index >= 15 is 0 Å². The van der Waals surface area contributed by atoms with Crippen molar-refractivity contribution in [2.75, 3.05) is 0 Å². The third-order valence-electron chi connectivity index (χ3n) is 10.6. The highest BCUT2D eigenvalue weighted by Gasteiger charge is 2.19. The Labute approximate surface area is 316 Å². The summed E-state index contributed by atoms with van der Waals surface area (Å²) in [5.41, 5.74) is 8.35. The smallest absolute Gasteiger partial charge is 0.167 e. The number of rotatable bonds is 5. The summed E-state index contributed by atoms with van der Waals surface area (Å²) in [5, 5.41) is 9.52. The summed E-state index contributed by atoms with van der Waals surface area (Å²) < 4.78 is 6.47. The molecule has 256 valence electrons. The second kappa shape index (κ2) is 12.6. The Morgan fingerprint density at radius 1 is 0.327 bits per heavy atom. The standard InChI is InChI=1S/C50H30N4O/c1-2-12-31(13-3-1)48-52-49(54-50(53-48)44-21-10-20-43-42-19-8-9-22-46(42)55-47(43)44)36-27-34(26-35(28-36)33-14-11-25-51-30-33)32-23-24-41-39-17-5-4-15-37(39)38-16-6-7-18-40(38)45(41)29-32/h1-30H. The Bertz CT molecular complexity index is 3230. The zero-order chi connectivity index (χ0) is 36.3. The highest BCUT2D eigenvalue weighted by Crippen LogP contribution is 2.40. The maximum atomic E-state index is 6.47. The van der Waals surface area contributed by atoms with Crippen LogP contribution in [0.25, 0.3) is 111 Å². The van der Waals surface area contributed by atoms with E-state index < -0.39 is 0 Å². The zero-order valence-corrected chi connectivity index (χ0v) is 29.5. The second-order valence-electron chi connectivity index (χ2n) is 13.8. The molecule has 0 atom stereocenters. The first-order chi connectivity index (χ1) is 27.2. The molecule has 5 heteroatoms. The van der Waals surface area contributed by atoms with Crippen molar-refractivity contribution in [3.8, 4) is 56.4 Å². The fraction of sp³-hybridized carbons (Fsp3) is 0. The van der Waals surface area contributed by atoms with Crippen molar-refractivity contribution in [3.63, 3.8) is 0 Å². The number of para-hydroxylation sites is 2. The van der Waals surface area contributed by atoms with Crippen LogP contribution < -0.4 is 0 Å². The molecular weight excluding hydrogens is 673 g/mol. The molecular formula is C50H30N4O. The quantitative estimate of drug-likeness (QED) is 0.167. The van der Waals surface area contributed by atoms with Gasteiger partial charge in [0.25, 0.3) is 0 Å². The molecule has 0 unspecified atom stereocenters. The molecule has 5 nitrogen and oxygen atoms in total. The van der Waals surface area contributed by atoms with Gasteiger partial charge in [0.2, 0.25) is 0 Å². The van der Waals surface area contributed by atoms with Crippen LogP contribution in [0.3, 0.4) is 0 Å². The Hall–Kier alpha value is -7.50. The molecule has 8 aromatic carbocycles. The fourth-order valence-electron chi connectivity index (χ4n) is 7.98. The molecule has 0 radical (unpaired) electrons. The normalized spacial score (nSPS) is 11.6. The number of hydrogen-bond acceptors (Lipinski definition) is 5. The van der Waals surface area contributed by atoms with Gasteiger partial charge in [0, 0.05) is 39.9 Å². The number of fused-ring (bicyclic) bond motifs is 9. The number of benzene rings is 8. The summed E-state index contributed by atoms with van der Waals surface area (Å²) in [4.78, 5) is 19.9. The van der Waals surface area contributed by atoms with Crippen LogP contribution in [0, 0.1) is 0 Å². The molecule has 0 saturated heterocycles. The van der Waals surface area contributed by atoms with Crippen LogP contribution in [0.2, 0.25) is 0 Å². The maximum absolute atomic E-state index is 6.47. The van der Waals surface area contributed by atoms with Gasteiger partial charge < -0.3 is 4.42 Å². The minimum Gasteiger partial charge on any atom is -0.455 e. The van der Waals surface area contributed by atoms with E-state index in [4.69, 9.17) is 19.4 Å². The first-order valence-corrected chi connectivity index (χ1v) is 18.4. The van der Waals surface area contributed by atoms with Crippen molar-refractivity contribution in [2.24, 2.45) is 0 Å². The summed E-state index contributed by atoms with van der Waals surface area (Å²) in [6, 6.07) is 59.2. The first-order valence-electron chi connectivity index (χ1n) is 18.4. The molecule has 11 aromatic rings. The largest absolute Gasteiger partial charge is 0.455 e. The van der Waals surface area contributed by atoms with Gasteiger partial charge in [-0.2, -0.15) is 0 Å². The van der Waals surface area contributed by atoms with Crippen molar-refractivity contribution in [1.29, 1.82) is 0 Å². The number of furan rings is 1. The Balaban J connectivity index is 1.16.